The van der Waals surface area contributed by atoms with Gasteiger partial charge in [0.05, 0.1) is 0 Å². The van der Waals surface area contributed by atoms with E-state index in [-0.39, 0.29) is 25.5 Å². The number of hydrogen-bond donors (Lipinski definition) is 1. The van der Waals surface area contributed by atoms with Gasteiger partial charge >= 0.3 is 18.3 Å². The van der Waals surface area contributed by atoms with Crippen LogP contribution in [0.4, 0.5) is 38.0 Å². The van der Waals surface area contributed by atoms with E-state index in [1.54, 1.807) is 19.1 Å². The molecule has 0 spiro atoms. The van der Waals surface area contributed by atoms with Gasteiger partial charge in [0.2, 0.25) is 5.95 Å². The number of nitrogens with zero attached hydrogens (tertiary/aromatic N) is 3. The van der Waals surface area contributed by atoms with E-state index in [1.807, 2.05) is 0 Å². The predicted molar refractivity (Wildman–Crippen MR) is 96.3 cm³/mol. The van der Waals surface area contributed by atoms with Crippen molar-refractivity contribution in [3.8, 4) is 0 Å². The zero-order chi connectivity index (χ0) is 22.3. The van der Waals surface area contributed by atoms with E-state index < -0.39 is 29.0 Å². The van der Waals surface area contributed by atoms with Gasteiger partial charge in [-0.2, -0.15) is 26.3 Å². The summed E-state index contributed by atoms with van der Waals surface area (Å²) >= 11 is 5.61. The van der Waals surface area contributed by atoms with Crippen molar-refractivity contribution in [1.82, 2.24) is 14.9 Å². The predicted octanol–water partition coefficient (Wildman–Crippen LogP) is 4.90. The van der Waals surface area contributed by atoms with Gasteiger partial charge in [-0.15, -0.1) is 0 Å². The first kappa shape index (κ1) is 22.1. The smallest absolute Gasteiger partial charge is 0.330 e. The van der Waals surface area contributed by atoms with Crippen molar-refractivity contribution in [2.45, 2.75) is 38.7 Å². The molecule has 0 saturated heterocycles. The first-order valence-corrected chi connectivity index (χ1v) is 9.15. The lowest BCUT2D eigenvalue weighted by atomic mass is 9.95. The van der Waals surface area contributed by atoms with Gasteiger partial charge in [-0.1, -0.05) is 24.6 Å². The van der Waals surface area contributed by atoms with Crippen LogP contribution in [0.5, 0.6) is 0 Å². The normalized spacial score (nSPS) is 14.5. The molecule has 1 aromatic heterocycles. The highest BCUT2D eigenvalue weighted by molar-refractivity contribution is 6.30. The summed E-state index contributed by atoms with van der Waals surface area (Å²) in [7, 11) is 0. The van der Waals surface area contributed by atoms with Gasteiger partial charge < -0.3 is 10.2 Å². The molecule has 0 bridgehead atoms. The Morgan fingerprint density at radius 2 is 1.90 bits per heavy atom. The molecule has 1 aliphatic heterocycles. The first-order chi connectivity index (χ1) is 13.9. The maximum atomic E-state index is 12.8. The molecule has 0 unspecified atom stereocenters. The van der Waals surface area contributed by atoms with Gasteiger partial charge in [-0.05, 0) is 35.6 Å². The van der Waals surface area contributed by atoms with Crippen LogP contribution < -0.4 is 5.32 Å². The fraction of sp³-hybridized carbons (Fsp3) is 0.389. The number of aryl methyl sites for hydroxylation is 1. The first-order valence-electron chi connectivity index (χ1n) is 8.77. The summed E-state index contributed by atoms with van der Waals surface area (Å²) < 4.78 is 76.5. The fourth-order valence-corrected chi connectivity index (χ4v) is 3.39. The van der Waals surface area contributed by atoms with Crippen molar-refractivity contribution in [2.24, 2.45) is 0 Å². The monoisotopic (exact) mass is 452 g/mol. The SMILES string of the molecule is CCc1cc2c(cc1Nc1ncc(C(F)(F)F)c(Cl)n1)CCN(C(=O)C(F)(F)F)C2. The highest BCUT2D eigenvalue weighted by atomic mass is 35.5. The Balaban J connectivity index is 1.87. The molecule has 12 heteroatoms. The molecule has 0 fully saturated rings. The Bertz CT molecular complexity index is 976. The van der Waals surface area contributed by atoms with E-state index >= 15 is 0 Å². The summed E-state index contributed by atoms with van der Waals surface area (Å²) in [6.07, 6.45) is -8.38. The third-order valence-corrected chi connectivity index (χ3v) is 4.93. The Kier molecular flexibility index (Phi) is 5.85. The average molecular weight is 453 g/mol. The van der Waals surface area contributed by atoms with E-state index in [0.29, 0.717) is 29.4 Å². The number of carbonyl (C=O) groups is 1. The number of benzene rings is 1. The quantitative estimate of drug-likeness (QED) is 0.531. The molecule has 1 amide bonds. The van der Waals surface area contributed by atoms with Crippen LogP contribution in [0.15, 0.2) is 18.3 Å². The molecule has 30 heavy (non-hydrogen) atoms. The number of carbonyl (C=O) groups excluding carboxylic acids is 1. The van der Waals surface area contributed by atoms with Crippen molar-refractivity contribution in [3.63, 3.8) is 0 Å². The standard InChI is InChI=1S/C18H15ClF6N4O/c1-2-9-5-11-8-29(15(30)18(23,24)25)4-3-10(11)6-13(9)27-16-26-7-12(14(19)28-16)17(20,21)22/h5-7H,2-4,8H2,1H3,(H,26,27,28). The summed E-state index contributed by atoms with van der Waals surface area (Å²) in [4.78, 5) is 19.5. The molecule has 3 rings (SSSR count). The number of amides is 1. The van der Waals surface area contributed by atoms with E-state index in [9.17, 15) is 31.1 Å². The largest absolute Gasteiger partial charge is 0.471 e. The van der Waals surface area contributed by atoms with Crippen molar-refractivity contribution >= 4 is 29.1 Å². The second kappa shape index (κ2) is 7.93. The van der Waals surface area contributed by atoms with Gasteiger partial charge in [0.25, 0.3) is 0 Å². The van der Waals surface area contributed by atoms with E-state index in [1.165, 1.54) is 0 Å². The van der Waals surface area contributed by atoms with Gasteiger partial charge in [-0.3, -0.25) is 4.79 Å². The molecule has 2 heterocycles. The second-order valence-electron chi connectivity index (χ2n) is 6.63. The van der Waals surface area contributed by atoms with Gasteiger partial charge in [0.1, 0.15) is 10.7 Å². The number of nitrogens with one attached hydrogen (secondary N) is 1. The lowest BCUT2D eigenvalue weighted by molar-refractivity contribution is -0.186. The van der Waals surface area contributed by atoms with Crippen LogP contribution in [0.1, 0.15) is 29.2 Å². The Morgan fingerprint density at radius 3 is 2.47 bits per heavy atom. The molecule has 0 saturated carbocycles. The Labute approximate surface area is 172 Å². The maximum Gasteiger partial charge on any atom is 0.471 e. The molecular weight excluding hydrogens is 438 g/mol. The van der Waals surface area contributed by atoms with Crippen molar-refractivity contribution < 1.29 is 31.1 Å². The number of hydrogen-bond acceptors (Lipinski definition) is 4. The number of aromatic nitrogens is 2. The van der Waals surface area contributed by atoms with Crippen LogP contribution >= 0.6 is 11.6 Å². The van der Waals surface area contributed by atoms with Crippen LogP contribution in [0.2, 0.25) is 5.15 Å². The minimum atomic E-state index is -4.94. The minimum Gasteiger partial charge on any atom is -0.330 e. The fourth-order valence-electron chi connectivity index (χ4n) is 3.15. The highest BCUT2D eigenvalue weighted by Gasteiger charge is 2.43. The second-order valence-corrected chi connectivity index (χ2v) is 6.98. The summed E-state index contributed by atoms with van der Waals surface area (Å²) in [6, 6.07) is 3.34. The molecule has 1 N–H and O–H groups in total. The molecule has 162 valence electrons. The topological polar surface area (TPSA) is 58.1 Å². The number of halogens is 7. The summed E-state index contributed by atoms with van der Waals surface area (Å²) in [5.41, 5.74) is 1.31. The van der Waals surface area contributed by atoms with Gasteiger partial charge in [0.15, 0.2) is 0 Å². The lowest BCUT2D eigenvalue weighted by Crippen LogP contribution is -2.43. The van der Waals surface area contributed by atoms with E-state index in [4.69, 9.17) is 11.6 Å². The van der Waals surface area contributed by atoms with Crippen molar-refractivity contribution in [3.05, 3.63) is 45.7 Å². The third-order valence-electron chi connectivity index (χ3n) is 4.64. The molecule has 0 aliphatic carbocycles. The number of fused-ring (bicyclic) bond motifs is 1. The number of alkyl halides is 6. The molecule has 0 radical (unpaired) electrons. The van der Waals surface area contributed by atoms with E-state index in [2.05, 4.69) is 15.3 Å². The Morgan fingerprint density at radius 1 is 1.20 bits per heavy atom. The molecule has 0 atom stereocenters. The van der Waals surface area contributed by atoms with Crippen LogP contribution in [-0.2, 0) is 30.4 Å². The zero-order valence-corrected chi connectivity index (χ0v) is 16.2. The van der Waals surface area contributed by atoms with Crippen LogP contribution in [0, 0.1) is 0 Å². The molecule has 1 aliphatic rings. The zero-order valence-electron chi connectivity index (χ0n) is 15.5. The molecular formula is C18H15ClF6N4O. The van der Waals surface area contributed by atoms with Crippen molar-refractivity contribution in [2.75, 3.05) is 11.9 Å². The van der Waals surface area contributed by atoms with Gasteiger partial charge in [-0.25, -0.2) is 9.97 Å². The minimum absolute atomic E-state index is 0.0984. The van der Waals surface area contributed by atoms with Crippen LogP contribution in [0.25, 0.3) is 0 Å². The Hall–Kier alpha value is -2.56. The molecule has 5 nitrogen and oxygen atoms in total. The number of anilines is 2. The maximum absolute atomic E-state index is 12.8. The number of rotatable bonds is 3. The molecule has 2 aromatic rings. The lowest BCUT2D eigenvalue weighted by Gasteiger charge is -2.30. The summed E-state index contributed by atoms with van der Waals surface area (Å²) in [5.74, 6) is -2.03. The van der Waals surface area contributed by atoms with Gasteiger partial charge in [0, 0.05) is 25.0 Å². The van der Waals surface area contributed by atoms with Crippen molar-refractivity contribution in [1.29, 1.82) is 0 Å². The third kappa shape index (κ3) is 4.61. The van der Waals surface area contributed by atoms with Crippen LogP contribution in [-0.4, -0.2) is 33.5 Å². The average Bonchev–Trinajstić information content (AvgIpc) is 2.64. The summed E-state index contributed by atoms with van der Waals surface area (Å²) in [6.45, 7) is 1.53. The van der Waals surface area contributed by atoms with E-state index in [0.717, 1.165) is 10.5 Å². The van der Waals surface area contributed by atoms with Crippen LogP contribution in [0.3, 0.4) is 0 Å². The molecule has 1 aromatic carbocycles. The highest BCUT2D eigenvalue weighted by Crippen LogP contribution is 2.34. The summed E-state index contributed by atoms with van der Waals surface area (Å²) in [5, 5.41) is 2.06.